The second-order valence-corrected chi connectivity index (χ2v) is 6.72. The summed E-state index contributed by atoms with van der Waals surface area (Å²) in [5, 5.41) is 0.627. The van der Waals surface area contributed by atoms with Crippen molar-refractivity contribution in [2.24, 2.45) is 5.73 Å². The first-order chi connectivity index (χ1) is 8.91. The van der Waals surface area contributed by atoms with E-state index in [-0.39, 0.29) is 5.02 Å². The first-order valence-electron chi connectivity index (χ1n) is 5.25. The standard InChI is InChI=1S/C13H8BrCl2FIN/c14-8-3-2-7(12(17)11(8)16)13(19)6-1-4-10(18)9(15)5-6/h1-5,13H,19H2. The van der Waals surface area contributed by atoms with Gasteiger partial charge in [0.1, 0.15) is 5.82 Å². The largest absolute Gasteiger partial charge is 0.320 e. The van der Waals surface area contributed by atoms with E-state index < -0.39 is 11.9 Å². The zero-order valence-corrected chi connectivity index (χ0v) is 14.7. The van der Waals surface area contributed by atoms with Crippen molar-refractivity contribution < 1.29 is 4.39 Å². The minimum absolute atomic E-state index is 0.0320. The van der Waals surface area contributed by atoms with Crippen LogP contribution < -0.4 is 5.73 Å². The van der Waals surface area contributed by atoms with Crippen LogP contribution in [0.15, 0.2) is 34.8 Å². The number of rotatable bonds is 2. The van der Waals surface area contributed by atoms with Gasteiger partial charge in [0.15, 0.2) is 0 Å². The Kier molecular flexibility index (Phi) is 5.11. The van der Waals surface area contributed by atoms with Crippen molar-refractivity contribution in [1.29, 1.82) is 0 Å². The fraction of sp³-hybridized carbons (Fsp3) is 0.0769. The molecule has 0 aliphatic rings. The van der Waals surface area contributed by atoms with Gasteiger partial charge in [-0.25, -0.2) is 4.39 Å². The Hall–Kier alpha value is 0.120. The Morgan fingerprint density at radius 1 is 1.21 bits per heavy atom. The Bertz CT molecular complexity index is 636. The number of hydrogen-bond donors (Lipinski definition) is 1. The molecular formula is C13H8BrCl2FIN. The second kappa shape index (κ2) is 6.26. The lowest BCUT2D eigenvalue weighted by Crippen LogP contribution is -2.14. The van der Waals surface area contributed by atoms with Gasteiger partial charge in [-0.3, -0.25) is 0 Å². The molecule has 2 aromatic rings. The Morgan fingerprint density at radius 2 is 1.89 bits per heavy atom. The highest BCUT2D eigenvalue weighted by Gasteiger charge is 2.18. The van der Waals surface area contributed by atoms with Gasteiger partial charge in [-0.2, -0.15) is 0 Å². The molecule has 1 atom stereocenters. The molecule has 1 nitrogen and oxygen atoms in total. The van der Waals surface area contributed by atoms with Gasteiger partial charge < -0.3 is 5.73 Å². The molecule has 0 aliphatic carbocycles. The number of hydrogen-bond acceptors (Lipinski definition) is 1. The maximum absolute atomic E-state index is 14.1. The lowest BCUT2D eigenvalue weighted by Gasteiger charge is -2.15. The molecule has 0 radical (unpaired) electrons. The third kappa shape index (κ3) is 3.24. The molecule has 0 amide bonds. The van der Waals surface area contributed by atoms with E-state index in [0.29, 0.717) is 15.1 Å². The predicted octanol–water partition coefficient (Wildman–Crippen LogP) is 5.55. The molecule has 0 bridgehead atoms. The summed E-state index contributed by atoms with van der Waals surface area (Å²) in [6.45, 7) is 0. The summed E-state index contributed by atoms with van der Waals surface area (Å²) in [7, 11) is 0. The normalized spacial score (nSPS) is 12.5. The van der Waals surface area contributed by atoms with Gasteiger partial charge in [-0.1, -0.05) is 35.3 Å². The number of nitrogens with two attached hydrogens (primary N) is 1. The van der Waals surface area contributed by atoms with Crippen LogP contribution in [0.25, 0.3) is 0 Å². The van der Waals surface area contributed by atoms with Crippen molar-refractivity contribution in [2.75, 3.05) is 0 Å². The van der Waals surface area contributed by atoms with E-state index in [1.54, 1.807) is 18.2 Å². The molecule has 2 rings (SSSR count). The lowest BCUT2D eigenvalue weighted by atomic mass is 9.99. The van der Waals surface area contributed by atoms with Crippen LogP contribution in [0.2, 0.25) is 10.0 Å². The summed E-state index contributed by atoms with van der Waals surface area (Å²) in [5.74, 6) is -0.516. The topological polar surface area (TPSA) is 26.0 Å². The fourth-order valence-electron chi connectivity index (χ4n) is 1.67. The van der Waals surface area contributed by atoms with E-state index in [4.69, 9.17) is 28.9 Å². The van der Waals surface area contributed by atoms with Crippen LogP contribution in [0, 0.1) is 9.39 Å². The van der Waals surface area contributed by atoms with E-state index in [0.717, 1.165) is 9.13 Å². The highest BCUT2D eigenvalue weighted by molar-refractivity contribution is 14.1. The monoisotopic (exact) mass is 473 g/mol. The van der Waals surface area contributed by atoms with Gasteiger partial charge in [0, 0.05) is 13.6 Å². The van der Waals surface area contributed by atoms with Gasteiger partial charge in [-0.05, 0) is 62.3 Å². The molecule has 0 saturated heterocycles. The van der Waals surface area contributed by atoms with Crippen LogP contribution in [0.1, 0.15) is 17.2 Å². The highest BCUT2D eigenvalue weighted by atomic mass is 127. The van der Waals surface area contributed by atoms with Crippen molar-refractivity contribution in [2.45, 2.75) is 6.04 Å². The van der Waals surface area contributed by atoms with E-state index in [1.807, 2.05) is 12.1 Å². The molecule has 0 aliphatic heterocycles. The summed E-state index contributed by atoms with van der Waals surface area (Å²) in [5.41, 5.74) is 7.16. The average molecular weight is 475 g/mol. The van der Waals surface area contributed by atoms with E-state index in [9.17, 15) is 4.39 Å². The van der Waals surface area contributed by atoms with Crippen LogP contribution in [0.3, 0.4) is 0 Å². The Balaban J connectivity index is 2.47. The van der Waals surface area contributed by atoms with Crippen LogP contribution in [-0.4, -0.2) is 0 Å². The van der Waals surface area contributed by atoms with Crippen LogP contribution in [0.4, 0.5) is 4.39 Å². The molecule has 6 heteroatoms. The predicted molar refractivity (Wildman–Crippen MR) is 89.3 cm³/mol. The van der Waals surface area contributed by atoms with Gasteiger partial charge in [0.2, 0.25) is 0 Å². The summed E-state index contributed by atoms with van der Waals surface area (Å²) < 4.78 is 15.5. The first-order valence-corrected chi connectivity index (χ1v) is 7.88. The maximum Gasteiger partial charge on any atom is 0.148 e. The summed E-state index contributed by atoms with van der Waals surface area (Å²) >= 11 is 17.2. The highest BCUT2D eigenvalue weighted by Crippen LogP contribution is 2.33. The molecule has 19 heavy (non-hydrogen) atoms. The van der Waals surface area contributed by atoms with Crippen molar-refractivity contribution in [3.8, 4) is 0 Å². The summed E-state index contributed by atoms with van der Waals surface area (Å²) in [6.07, 6.45) is 0. The summed E-state index contributed by atoms with van der Waals surface area (Å²) in [4.78, 5) is 0. The summed E-state index contributed by atoms with van der Waals surface area (Å²) in [6, 6.07) is 8.09. The van der Waals surface area contributed by atoms with Gasteiger partial charge in [0.25, 0.3) is 0 Å². The Morgan fingerprint density at radius 3 is 2.53 bits per heavy atom. The SMILES string of the molecule is NC(c1ccc(I)c(Cl)c1)c1ccc(Br)c(Cl)c1F. The van der Waals surface area contributed by atoms with E-state index in [2.05, 4.69) is 38.5 Å². The van der Waals surface area contributed by atoms with Crippen molar-refractivity contribution >= 4 is 61.7 Å². The molecule has 0 fully saturated rings. The zero-order chi connectivity index (χ0) is 14.2. The number of halogens is 5. The zero-order valence-electron chi connectivity index (χ0n) is 9.43. The maximum atomic E-state index is 14.1. The fourth-order valence-corrected chi connectivity index (χ4v) is 2.67. The number of benzene rings is 2. The molecule has 2 N–H and O–H groups in total. The molecule has 0 aromatic heterocycles. The smallest absolute Gasteiger partial charge is 0.148 e. The van der Waals surface area contributed by atoms with Crippen LogP contribution >= 0.6 is 61.7 Å². The molecule has 0 saturated carbocycles. The molecule has 100 valence electrons. The van der Waals surface area contributed by atoms with E-state index in [1.165, 1.54) is 0 Å². The van der Waals surface area contributed by atoms with Crippen LogP contribution in [0.5, 0.6) is 0 Å². The van der Waals surface area contributed by atoms with Crippen molar-refractivity contribution in [1.82, 2.24) is 0 Å². The minimum atomic E-state index is -0.611. The first kappa shape index (κ1) is 15.5. The van der Waals surface area contributed by atoms with Gasteiger partial charge in [0.05, 0.1) is 16.1 Å². The van der Waals surface area contributed by atoms with Crippen LogP contribution in [-0.2, 0) is 0 Å². The Labute approximate surface area is 142 Å². The molecule has 2 aromatic carbocycles. The van der Waals surface area contributed by atoms with Crippen molar-refractivity contribution in [3.63, 3.8) is 0 Å². The lowest BCUT2D eigenvalue weighted by molar-refractivity contribution is 0.599. The average Bonchev–Trinajstić information content (AvgIpc) is 2.39. The van der Waals surface area contributed by atoms with Crippen molar-refractivity contribution in [3.05, 3.63) is 65.4 Å². The van der Waals surface area contributed by atoms with Gasteiger partial charge in [-0.15, -0.1) is 0 Å². The molecule has 0 heterocycles. The van der Waals surface area contributed by atoms with E-state index >= 15 is 0 Å². The van der Waals surface area contributed by atoms with Gasteiger partial charge >= 0.3 is 0 Å². The third-order valence-electron chi connectivity index (χ3n) is 2.70. The third-order valence-corrected chi connectivity index (χ3v) is 5.53. The molecule has 1 unspecified atom stereocenters. The minimum Gasteiger partial charge on any atom is -0.320 e. The molecule has 0 spiro atoms. The second-order valence-electron chi connectivity index (χ2n) is 3.92. The quantitative estimate of drug-likeness (QED) is 0.448. The molecular weight excluding hydrogens is 467 g/mol.